The molecule has 1 aromatic heterocycles. The fraction of sp³-hybridized carbons (Fsp3) is 0.600. The van der Waals surface area contributed by atoms with Gasteiger partial charge in [-0.25, -0.2) is 0 Å². The zero-order chi connectivity index (χ0) is 10.8. The van der Waals surface area contributed by atoms with Gasteiger partial charge in [0.1, 0.15) is 5.69 Å². The van der Waals surface area contributed by atoms with Gasteiger partial charge in [0.25, 0.3) is 5.91 Å². The number of nitrogens with two attached hydrogens (primary N) is 1. The quantitative estimate of drug-likeness (QED) is 0.732. The molecule has 0 aromatic carbocycles. The number of halogens is 1. The van der Waals surface area contributed by atoms with Crippen molar-refractivity contribution in [2.45, 2.75) is 31.7 Å². The van der Waals surface area contributed by atoms with E-state index in [1.165, 1.54) is 12.8 Å². The number of H-pyrrole nitrogens is 1. The van der Waals surface area contributed by atoms with Crippen LogP contribution in [0.1, 0.15) is 41.9 Å². The van der Waals surface area contributed by atoms with Crippen molar-refractivity contribution in [3.05, 3.63) is 17.5 Å². The SMILES string of the molecule is C[C@H](CN)NC(=O)c1cc(C2CC2)[nH]n1.Cl. The van der Waals surface area contributed by atoms with Gasteiger partial charge in [-0.05, 0) is 25.8 Å². The van der Waals surface area contributed by atoms with Gasteiger partial charge in [0, 0.05) is 24.2 Å². The number of aromatic amines is 1. The Morgan fingerprint density at radius 1 is 1.75 bits per heavy atom. The van der Waals surface area contributed by atoms with Crippen LogP contribution >= 0.6 is 12.4 Å². The Balaban J connectivity index is 0.00000128. The van der Waals surface area contributed by atoms with E-state index < -0.39 is 0 Å². The van der Waals surface area contributed by atoms with Crippen LogP contribution in [-0.2, 0) is 0 Å². The predicted octanol–water partition coefficient (Wildman–Crippen LogP) is 0.786. The molecule has 1 atom stereocenters. The standard InChI is InChI=1S/C10H16N4O.ClH/c1-6(5-11)12-10(15)9-4-8(13-14-9)7-2-3-7;/h4,6-7H,2-3,5,11H2,1H3,(H,12,15)(H,13,14);1H/t6-;/m1./s1. The first kappa shape index (κ1) is 13.0. The number of aromatic nitrogens is 2. The highest BCUT2D eigenvalue weighted by Crippen LogP contribution is 2.38. The summed E-state index contributed by atoms with van der Waals surface area (Å²) >= 11 is 0. The molecule has 1 amide bonds. The van der Waals surface area contributed by atoms with Gasteiger partial charge < -0.3 is 11.1 Å². The van der Waals surface area contributed by atoms with Gasteiger partial charge in [0.05, 0.1) is 0 Å². The maximum atomic E-state index is 11.6. The number of carbonyl (C=O) groups is 1. The van der Waals surface area contributed by atoms with Crippen LogP contribution in [0.25, 0.3) is 0 Å². The summed E-state index contributed by atoms with van der Waals surface area (Å²) in [5.74, 6) is 0.432. The highest BCUT2D eigenvalue weighted by atomic mass is 35.5. The van der Waals surface area contributed by atoms with Gasteiger partial charge in [-0.15, -0.1) is 12.4 Å². The maximum Gasteiger partial charge on any atom is 0.272 e. The third-order valence-electron chi connectivity index (χ3n) is 2.58. The molecule has 0 aliphatic heterocycles. The largest absolute Gasteiger partial charge is 0.347 e. The molecule has 4 N–H and O–H groups in total. The van der Waals surface area contributed by atoms with Gasteiger partial charge in [-0.2, -0.15) is 5.10 Å². The lowest BCUT2D eigenvalue weighted by molar-refractivity contribution is 0.0936. The summed E-state index contributed by atoms with van der Waals surface area (Å²) in [4.78, 5) is 11.6. The smallest absolute Gasteiger partial charge is 0.272 e. The first-order valence-corrected chi connectivity index (χ1v) is 5.27. The summed E-state index contributed by atoms with van der Waals surface area (Å²) in [7, 11) is 0. The third-order valence-corrected chi connectivity index (χ3v) is 2.58. The molecule has 0 radical (unpaired) electrons. The van der Waals surface area contributed by atoms with Crippen molar-refractivity contribution in [3.8, 4) is 0 Å². The minimum Gasteiger partial charge on any atom is -0.347 e. The summed E-state index contributed by atoms with van der Waals surface area (Å²) in [5, 5.41) is 9.66. The van der Waals surface area contributed by atoms with Crippen LogP contribution in [0.5, 0.6) is 0 Å². The van der Waals surface area contributed by atoms with Crippen molar-refractivity contribution in [1.82, 2.24) is 15.5 Å². The molecule has 1 fully saturated rings. The summed E-state index contributed by atoms with van der Waals surface area (Å²) in [6, 6.07) is 1.81. The number of nitrogens with zero attached hydrogens (tertiary/aromatic N) is 1. The van der Waals surface area contributed by atoms with Gasteiger partial charge in [-0.3, -0.25) is 9.89 Å². The highest BCUT2D eigenvalue weighted by molar-refractivity contribution is 5.92. The topological polar surface area (TPSA) is 83.8 Å². The van der Waals surface area contributed by atoms with Gasteiger partial charge in [-0.1, -0.05) is 0 Å². The molecule has 6 heteroatoms. The highest BCUT2D eigenvalue weighted by Gasteiger charge is 2.26. The number of carbonyl (C=O) groups excluding carboxylic acids is 1. The lowest BCUT2D eigenvalue weighted by atomic mass is 10.2. The molecular weight excluding hydrogens is 228 g/mol. The van der Waals surface area contributed by atoms with Crippen molar-refractivity contribution in [2.24, 2.45) is 5.73 Å². The second-order valence-electron chi connectivity index (χ2n) is 4.09. The van der Waals surface area contributed by atoms with Gasteiger partial charge >= 0.3 is 0 Å². The molecule has 1 aromatic rings. The Morgan fingerprint density at radius 3 is 3.00 bits per heavy atom. The van der Waals surface area contributed by atoms with Crippen molar-refractivity contribution in [1.29, 1.82) is 0 Å². The molecule has 5 nitrogen and oxygen atoms in total. The first-order valence-electron chi connectivity index (χ1n) is 5.27. The second kappa shape index (κ2) is 5.32. The number of hydrogen-bond acceptors (Lipinski definition) is 3. The average Bonchev–Trinajstić information content (AvgIpc) is 2.96. The zero-order valence-corrected chi connectivity index (χ0v) is 10.0. The van der Waals surface area contributed by atoms with Crippen LogP contribution in [0.4, 0.5) is 0 Å². The number of amides is 1. The fourth-order valence-corrected chi connectivity index (χ4v) is 1.41. The molecule has 0 unspecified atom stereocenters. The van der Waals surface area contributed by atoms with E-state index in [4.69, 9.17) is 5.73 Å². The molecule has 1 heterocycles. The van der Waals surface area contributed by atoms with E-state index in [9.17, 15) is 4.79 Å². The van der Waals surface area contributed by atoms with Gasteiger partial charge in [0.15, 0.2) is 0 Å². The monoisotopic (exact) mass is 244 g/mol. The van der Waals surface area contributed by atoms with Crippen molar-refractivity contribution < 1.29 is 4.79 Å². The molecule has 1 aliphatic carbocycles. The molecule has 1 saturated carbocycles. The number of rotatable bonds is 4. The van der Waals surface area contributed by atoms with Crippen LogP contribution in [-0.4, -0.2) is 28.7 Å². The Labute approximate surface area is 101 Å². The molecule has 0 spiro atoms. The molecule has 16 heavy (non-hydrogen) atoms. The van der Waals surface area contributed by atoms with Crippen LogP contribution < -0.4 is 11.1 Å². The van der Waals surface area contributed by atoms with Crippen LogP contribution in [0.2, 0.25) is 0 Å². The van der Waals surface area contributed by atoms with E-state index in [-0.39, 0.29) is 24.4 Å². The lowest BCUT2D eigenvalue weighted by Crippen LogP contribution is -2.37. The summed E-state index contributed by atoms with van der Waals surface area (Å²) < 4.78 is 0. The van der Waals surface area contributed by atoms with Crippen LogP contribution in [0, 0.1) is 0 Å². The Hall–Kier alpha value is -1.07. The molecule has 2 rings (SSSR count). The lowest BCUT2D eigenvalue weighted by Gasteiger charge is -2.08. The fourth-order valence-electron chi connectivity index (χ4n) is 1.41. The van der Waals surface area contributed by atoms with E-state index in [0.29, 0.717) is 18.2 Å². The van der Waals surface area contributed by atoms with Crippen molar-refractivity contribution in [2.75, 3.05) is 6.54 Å². The minimum absolute atomic E-state index is 0. The van der Waals surface area contributed by atoms with E-state index in [0.717, 1.165) is 5.69 Å². The van der Waals surface area contributed by atoms with Crippen LogP contribution in [0.3, 0.4) is 0 Å². The molecule has 0 saturated heterocycles. The van der Waals surface area contributed by atoms with Crippen molar-refractivity contribution in [3.63, 3.8) is 0 Å². The summed E-state index contributed by atoms with van der Waals surface area (Å²) in [6.07, 6.45) is 2.39. The molecule has 90 valence electrons. The van der Waals surface area contributed by atoms with E-state index in [1.807, 2.05) is 13.0 Å². The van der Waals surface area contributed by atoms with Crippen molar-refractivity contribution >= 4 is 18.3 Å². The van der Waals surface area contributed by atoms with E-state index >= 15 is 0 Å². The van der Waals surface area contributed by atoms with Gasteiger partial charge in [0.2, 0.25) is 0 Å². The summed E-state index contributed by atoms with van der Waals surface area (Å²) in [5.41, 5.74) is 6.94. The second-order valence-corrected chi connectivity index (χ2v) is 4.09. The Kier molecular flexibility index (Phi) is 4.32. The first-order chi connectivity index (χ1) is 7.20. The zero-order valence-electron chi connectivity index (χ0n) is 9.19. The van der Waals surface area contributed by atoms with E-state index in [2.05, 4.69) is 15.5 Å². The summed E-state index contributed by atoms with van der Waals surface area (Å²) in [6.45, 7) is 2.30. The number of nitrogens with one attached hydrogen (secondary N) is 2. The predicted molar refractivity (Wildman–Crippen MR) is 63.8 cm³/mol. The average molecular weight is 245 g/mol. The Morgan fingerprint density at radius 2 is 2.44 bits per heavy atom. The molecule has 0 bridgehead atoms. The maximum absolute atomic E-state index is 11.6. The Bertz CT molecular complexity index is 361. The minimum atomic E-state index is -0.156. The van der Waals surface area contributed by atoms with Crippen LogP contribution in [0.15, 0.2) is 6.07 Å². The molecule has 1 aliphatic rings. The van der Waals surface area contributed by atoms with E-state index in [1.54, 1.807) is 0 Å². The normalized spacial score (nSPS) is 16.4. The molecular formula is C10H17ClN4O. The number of hydrogen-bond donors (Lipinski definition) is 3. The third kappa shape index (κ3) is 2.96.